The highest BCUT2D eigenvalue weighted by Crippen LogP contribution is 2.30. The molecule has 1 aromatic rings. The number of thiophene rings is 1. The van der Waals surface area contributed by atoms with Gasteiger partial charge in [0.2, 0.25) is 0 Å². The zero-order valence-electron chi connectivity index (χ0n) is 9.87. The molecule has 6 heteroatoms. The maximum absolute atomic E-state index is 12.3. The van der Waals surface area contributed by atoms with Crippen molar-refractivity contribution >= 4 is 50.4 Å². The Hall–Kier alpha value is -0.460. The van der Waals surface area contributed by atoms with E-state index < -0.39 is 5.54 Å². The topological polar surface area (TPSA) is 55.1 Å². The van der Waals surface area contributed by atoms with Crippen molar-refractivity contribution in [3.05, 3.63) is 20.8 Å². The number of halogens is 1. The number of nitrogens with two attached hydrogens (primary N) is 1. The molecule has 0 aromatic carbocycles. The van der Waals surface area contributed by atoms with Crippen molar-refractivity contribution in [3.63, 3.8) is 0 Å². The highest BCUT2D eigenvalue weighted by atomic mass is 79.9. The van der Waals surface area contributed by atoms with Crippen LogP contribution in [-0.2, 0) is 0 Å². The van der Waals surface area contributed by atoms with Crippen molar-refractivity contribution in [2.24, 2.45) is 5.73 Å². The summed E-state index contributed by atoms with van der Waals surface area (Å²) in [6, 6.07) is 1.87. The first kappa shape index (κ1) is 14.0. The second-order valence-corrected chi connectivity index (χ2v) is 6.77. The minimum Gasteiger partial charge on any atom is -0.391 e. The third kappa shape index (κ3) is 2.75. The number of thiocarbonyl (C=S) groups is 1. The van der Waals surface area contributed by atoms with Gasteiger partial charge in [-0.1, -0.05) is 31.5 Å². The molecular weight excluding hydrogens is 332 g/mol. The van der Waals surface area contributed by atoms with Crippen LogP contribution in [0.2, 0.25) is 0 Å². The van der Waals surface area contributed by atoms with Crippen LogP contribution in [0.15, 0.2) is 15.9 Å². The molecule has 2 rings (SSSR count). The molecule has 0 saturated heterocycles. The van der Waals surface area contributed by atoms with Gasteiger partial charge in [0.15, 0.2) is 0 Å². The van der Waals surface area contributed by atoms with Gasteiger partial charge < -0.3 is 11.1 Å². The Balaban J connectivity index is 2.17. The molecule has 1 aliphatic carbocycles. The summed E-state index contributed by atoms with van der Waals surface area (Å²) in [5.41, 5.74) is 5.36. The molecule has 0 radical (unpaired) electrons. The van der Waals surface area contributed by atoms with Gasteiger partial charge in [0.25, 0.3) is 5.91 Å². The lowest BCUT2D eigenvalue weighted by molar-refractivity contribution is 0.0912. The van der Waals surface area contributed by atoms with Crippen LogP contribution in [0.25, 0.3) is 0 Å². The predicted octanol–water partition coefficient (Wildman–Crippen LogP) is 3.23. The maximum Gasteiger partial charge on any atom is 0.263 e. The molecule has 1 fully saturated rings. The van der Waals surface area contributed by atoms with Crippen LogP contribution < -0.4 is 11.1 Å². The lowest BCUT2D eigenvalue weighted by Gasteiger charge is -2.37. The lowest BCUT2D eigenvalue weighted by atomic mass is 9.81. The van der Waals surface area contributed by atoms with Gasteiger partial charge in [-0.05, 0) is 40.2 Å². The minimum absolute atomic E-state index is 0.0911. The summed E-state index contributed by atoms with van der Waals surface area (Å²) < 4.78 is 0.818. The predicted molar refractivity (Wildman–Crippen MR) is 82.1 cm³/mol. The molecule has 1 heterocycles. The summed E-state index contributed by atoms with van der Waals surface area (Å²) in [5.74, 6) is -0.0911. The quantitative estimate of drug-likeness (QED) is 0.826. The van der Waals surface area contributed by atoms with Gasteiger partial charge in [0.1, 0.15) is 4.88 Å². The van der Waals surface area contributed by atoms with Crippen LogP contribution in [0.3, 0.4) is 0 Å². The van der Waals surface area contributed by atoms with Crippen LogP contribution in [-0.4, -0.2) is 16.4 Å². The van der Waals surface area contributed by atoms with E-state index in [9.17, 15) is 4.79 Å². The molecule has 98 valence electrons. The highest BCUT2D eigenvalue weighted by Gasteiger charge is 2.37. The van der Waals surface area contributed by atoms with Crippen LogP contribution in [0.4, 0.5) is 0 Å². The summed E-state index contributed by atoms with van der Waals surface area (Å²) in [7, 11) is 0. The molecule has 1 amide bonds. The van der Waals surface area contributed by atoms with Crippen molar-refractivity contribution < 1.29 is 4.79 Å². The highest BCUT2D eigenvalue weighted by molar-refractivity contribution is 9.10. The number of nitrogens with one attached hydrogen (secondary N) is 1. The average molecular weight is 347 g/mol. The van der Waals surface area contributed by atoms with Crippen LogP contribution in [0.5, 0.6) is 0 Å². The summed E-state index contributed by atoms with van der Waals surface area (Å²) in [6.45, 7) is 0. The second-order valence-electron chi connectivity index (χ2n) is 4.56. The van der Waals surface area contributed by atoms with Gasteiger partial charge in [-0.25, -0.2) is 0 Å². The number of amides is 1. The van der Waals surface area contributed by atoms with Gasteiger partial charge >= 0.3 is 0 Å². The zero-order chi connectivity index (χ0) is 13.2. The molecular formula is C12H15BrN2OS2. The first-order valence-corrected chi connectivity index (χ1v) is 7.99. The van der Waals surface area contributed by atoms with Crippen LogP contribution in [0, 0.1) is 0 Å². The Morgan fingerprint density at radius 2 is 2.11 bits per heavy atom. The van der Waals surface area contributed by atoms with Crippen molar-refractivity contribution in [1.29, 1.82) is 0 Å². The summed E-state index contributed by atoms with van der Waals surface area (Å²) in [6.07, 6.45) is 4.99. The third-order valence-corrected chi connectivity index (χ3v) is 5.58. The molecule has 0 unspecified atom stereocenters. The van der Waals surface area contributed by atoms with Gasteiger partial charge in [0, 0.05) is 4.47 Å². The number of rotatable bonds is 3. The van der Waals surface area contributed by atoms with Crippen molar-refractivity contribution in [2.75, 3.05) is 0 Å². The molecule has 0 atom stereocenters. The standard InChI is InChI=1S/C12H15BrN2OS2/c13-8-4-7-18-9(8)10(16)15-12(11(14)17)5-2-1-3-6-12/h4,7H,1-3,5-6H2,(H2,14,17)(H,15,16). The van der Waals surface area contributed by atoms with E-state index in [1.165, 1.54) is 17.8 Å². The molecule has 3 nitrogen and oxygen atoms in total. The van der Waals surface area contributed by atoms with E-state index in [0.29, 0.717) is 9.87 Å². The minimum atomic E-state index is -0.492. The maximum atomic E-state index is 12.3. The summed E-state index contributed by atoms with van der Waals surface area (Å²) in [4.78, 5) is 13.3. The normalized spacial score (nSPS) is 18.3. The van der Waals surface area contributed by atoms with E-state index in [-0.39, 0.29) is 5.91 Å². The van der Waals surface area contributed by atoms with E-state index in [0.717, 1.165) is 30.2 Å². The second kappa shape index (κ2) is 5.67. The lowest BCUT2D eigenvalue weighted by Crippen LogP contribution is -2.57. The van der Waals surface area contributed by atoms with E-state index in [1.807, 2.05) is 11.4 Å². The average Bonchev–Trinajstić information content (AvgIpc) is 2.76. The number of carbonyl (C=O) groups excluding carboxylic acids is 1. The van der Waals surface area contributed by atoms with Crippen LogP contribution >= 0.6 is 39.5 Å². The molecule has 18 heavy (non-hydrogen) atoms. The van der Waals surface area contributed by atoms with Gasteiger partial charge in [-0.2, -0.15) is 0 Å². The fourth-order valence-corrected chi connectivity index (χ4v) is 4.02. The summed E-state index contributed by atoms with van der Waals surface area (Å²) >= 11 is 9.95. The number of carbonyl (C=O) groups is 1. The van der Waals surface area contributed by atoms with Crippen molar-refractivity contribution in [2.45, 2.75) is 37.6 Å². The van der Waals surface area contributed by atoms with E-state index in [4.69, 9.17) is 18.0 Å². The van der Waals surface area contributed by atoms with E-state index in [1.54, 1.807) is 0 Å². The molecule has 1 saturated carbocycles. The van der Waals surface area contributed by atoms with Gasteiger partial charge in [-0.15, -0.1) is 11.3 Å². The molecule has 0 bridgehead atoms. The van der Waals surface area contributed by atoms with Crippen LogP contribution in [0.1, 0.15) is 41.8 Å². The Morgan fingerprint density at radius 3 is 2.61 bits per heavy atom. The first-order chi connectivity index (χ1) is 8.55. The smallest absolute Gasteiger partial charge is 0.263 e. The van der Waals surface area contributed by atoms with E-state index >= 15 is 0 Å². The SMILES string of the molecule is NC(=S)C1(NC(=O)c2sccc2Br)CCCCC1. The van der Waals surface area contributed by atoms with E-state index in [2.05, 4.69) is 21.2 Å². The van der Waals surface area contributed by atoms with Crippen molar-refractivity contribution in [1.82, 2.24) is 5.32 Å². The molecule has 1 aromatic heterocycles. The molecule has 3 N–H and O–H groups in total. The Labute approximate surface area is 124 Å². The molecule has 0 aliphatic heterocycles. The third-order valence-electron chi connectivity index (χ3n) is 3.35. The Morgan fingerprint density at radius 1 is 1.44 bits per heavy atom. The first-order valence-electron chi connectivity index (χ1n) is 5.90. The Kier molecular flexibility index (Phi) is 4.40. The molecule has 0 spiro atoms. The summed E-state index contributed by atoms with van der Waals surface area (Å²) in [5, 5.41) is 4.93. The fourth-order valence-electron chi connectivity index (χ4n) is 2.32. The van der Waals surface area contributed by atoms with Gasteiger partial charge in [0.05, 0.1) is 10.5 Å². The Bertz CT molecular complexity index is 466. The zero-order valence-corrected chi connectivity index (χ0v) is 13.1. The fraction of sp³-hybridized carbons (Fsp3) is 0.500. The molecule has 1 aliphatic rings. The monoisotopic (exact) mass is 346 g/mol. The number of hydrogen-bond donors (Lipinski definition) is 2. The number of hydrogen-bond acceptors (Lipinski definition) is 3. The van der Waals surface area contributed by atoms with Gasteiger partial charge in [-0.3, -0.25) is 4.79 Å². The van der Waals surface area contributed by atoms with Crippen molar-refractivity contribution in [3.8, 4) is 0 Å². The largest absolute Gasteiger partial charge is 0.391 e.